The van der Waals surface area contributed by atoms with E-state index in [4.69, 9.17) is 0 Å². The summed E-state index contributed by atoms with van der Waals surface area (Å²) in [6.07, 6.45) is 1.39. The van der Waals surface area contributed by atoms with Crippen LogP contribution in [0.4, 0.5) is 0 Å². The average Bonchev–Trinajstić information content (AvgIpc) is 2.10. The minimum absolute atomic E-state index is 0.736. The van der Waals surface area contributed by atoms with Crippen molar-refractivity contribution in [2.75, 3.05) is 6.54 Å². The second kappa shape index (κ2) is 2.91. The average molecular weight is 141 g/mol. The van der Waals surface area contributed by atoms with Gasteiger partial charge in [0.15, 0.2) is 0 Å². The van der Waals surface area contributed by atoms with Crippen molar-refractivity contribution in [3.63, 3.8) is 0 Å². The summed E-state index contributed by atoms with van der Waals surface area (Å²) >= 11 is 0. The Kier molecular flexibility index (Phi) is 2.35. The molecule has 0 saturated carbocycles. The topological polar surface area (TPSA) is 3.24 Å². The van der Waals surface area contributed by atoms with E-state index >= 15 is 0 Å². The summed E-state index contributed by atoms with van der Waals surface area (Å²) in [6.45, 7) is 10.6. The van der Waals surface area contributed by atoms with Gasteiger partial charge in [0.25, 0.3) is 0 Å². The Morgan fingerprint density at radius 3 is 2.10 bits per heavy atom. The Hall–Kier alpha value is -0.0400. The maximum absolute atomic E-state index is 2.59. The Morgan fingerprint density at radius 2 is 1.90 bits per heavy atom. The van der Waals surface area contributed by atoms with Gasteiger partial charge >= 0.3 is 0 Å². The number of hydrogen-bond acceptors (Lipinski definition) is 1. The molecule has 1 rings (SSSR count). The van der Waals surface area contributed by atoms with Crippen molar-refractivity contribution in [1.82, 2.24) is 4.90 Å². The Balaban J connectivity index is 2.46. The molecule has 1 fully saturated rings. The molecule has 0 N–H and O–H groups in total. The molecule has 60 valence electrons. The molecule has 10 heavy (non-hydrogen) atoms. The fourth-order valence-electron chi connectivity index (χ4n) is 2.05. The third-order valence-corrected chi connectivity index (χ3v) is 2.50. The summed E-state index contributed by atoms with van der Waals surface area (Å²) in [7, 11) is 0. The van der Waals surface area contributed by atoms with E-state index in [0.29, 0.717) is 0 Å². The zero-order chi connectivity index (χ0) is 7.72. The van der Waals surface area contributed by atoms with Gasteiger partial charge in [0.2, 0.25) is 0 Å². The lowest BCUT2D eigenvalue weighted by atomic mass is 10.1. The molecule has 1 heteroatoms. The van der Waals surface area contributed by atoms with Crippen LogP contribution in [0.2, 0.25) is 0 Å². The molecule has 0 bridgehead atoms. The first kappa shape index (κ1) is 8.06. The molecule has 1 saturated heterocycles. The third-order valence-electron chi connectivity index (χ3n) is 2.50. The monoisotopic (exact) mass is 141 g/mol. The van der Waals surface area contributed by atoms with E-state index in [2.05, 4.69) is 32.6 Å². The van der Waals surface area contributed by atoms with Gasteiger partial charge in [-0.25, -0.2) is 0 Å². The summed E-state index contributed by atoms with van der Waals surface area (Å²) in [5.41, 5.74) is 0. The van der Waals surface area contributed by atoms with Gasteiger partial charge in [0.05, 0.1) is 0 Å². The van der Waals surface area contributed by atoms with Crippen molar-refractivity contribution >= 4 is 0 Å². The van der Waals surface area contributed by atoms with Gasteiger partial charge in [-0.05, 0) is 33.1 Å². The Morgan fingerprint density at radius 1 is 1.30 bits per heavy atom. The van der Waals surface area contributed by atoms with Crippen LogP contribution in [0.5, 0.6) is 0 Å². The molecular weight excluding hydrogens is 122 g/mol. The summed E-state index contributed by atoms with van der Waals surface area (Å²) in [6, 6.07) is 1.55. The van der Waals surface area contributed by atoms with E-state index < -0.39 is 0 Å². The number of likely N-dealkylation sites (tertiary alicyclic amines) is 1. The number of rotatable bonds is 1. The van der Waals surface area contributed by atoms with Crippen molar-refractivity contribution < 1.29 is 0 Å². The van der Waals surface area contributed by atoms with Crippen molar-refractivity contribution in [2.24, 2.45) is 5.92 Å². The van der Waals surface area contributed by atoms with E-state index in [1.165, 1.54) is 13.0 Å². The molecule has 2 atom stereocenters. The van der Waals surface area contributed by atoms with Crippen LogP contribution in [0, 0.1) is 5.92 Å². The minimum atomic E-state index is 0.736. The highest BCUT2D eigenvalue weighted by Gasteiger charge is 2.27. The van der Waals surface area contributed by atoms with Gasteiger partial charge < -0.3 is 0 Å². The molecule has 0 amide bonds. The highest BCUT2D eigenvalue weighted by molar-refractivity contribution is 4.81. The molecule has 0 radical (unpaired) electrons. The molecule has 0 aromatic rings. The standard InChI is InChI=1S/C9H19N/c1-7(2)10-6-8(3)5-9(10)4/h7-9H,5-6H2,1-4H3/t8?,9-/m1/s1. The molecule has 1 nitrogen and oxygen atoms in total. The lowest BCUT2D eigenvalue weighted by Gasteiger charge is -2.25. The number of hydrogen-bond donors (Lipinski definition) is 0. The van der Waals surface area contributed by atoms with E-state index in [1.807, 2.05) is 0 Å². The van der Waals surface area contributed by atoms with Crippen LogP contribution in [0.3, 0.4) is 0 Å². The van der Waals surface area contributed by atoms with E-state index in [-0.39, 0.29) is 0 Å². The molecule has 1 unspecified atom stereocenters. The van der Waals surface area contributed by atoms with Crippen LogP contribution in [-0.4, -0.2) is 23.5 Å². The van der Waals surface area contributed by atoms with Crippen molar-refractivity contribution in [1.29, 1.82) is 0 Å². The zero-order valence-electron chi connectivity index (χ0n) is 7.59. The van der Waals surface area contributed by atoms with Gasteiger partial charge in [-0.1, -0.05) is 6.92 Å². The van der Waals surface area contributed by atoms with Gasteiger partial charge in [0, 0.05) is 18.6 Å². The predicted octanol–water partition coefficient (Wildman–Crippen LogP) is 2.13. The Bertz CT molecular complexity index is 109. The fraction of sp³-hybridized carbons (Fsp3) is 1.00. The predicted molar refractivity (Wildman–Crippen MR) is 45.1 cm³/mol. The van der Waals surface area contributed by atoms with Gasteiger partial charge in [0.1, 0.15) is 0 Å². The molecule has 1 aliphatic rings. The molecule has 1 aliphatic heterocycles. The van der Waals surface area contributed by atoms with Crippen LogP contribution in [-0.2, 0) is 0 Å². The molecular formula is C9H19N. The van der Waals surface area contributed by atoms with Gasteiger partial charge in [-0.2, -0.15) is 0 Å². The van der Waals surface area contributed by atoms with Gasteiger partial charge in [-0.3, -0.25) is 4.90 Å². The maximum Gasteiger partial charge on any atom is 0.00727 e. The van der Waals surface area contributed by atoms with Crippen LogP contribution in [0.15, 0.2) is 0 Å². The smallest absolute Gasteiger partial charge is 0.00727 e. The molecule has 0 spiro atoms. The molecule has 1 heterocycles. The third kappa shape index (κ3) is 1.51. The van der Waals surface area contributed by atoms with Crippen molar-refractivity contribution in [2.45, 2.75) is 46.2 Å². The SMILES string of the molecule is CC1C[C@@H](C)N(C(C)C)C1. The maximum atomic E-state index is 2.59. The molecule has 0 aromatic carbocycles. The summed E-state index contributed by atoms with van der Waals surface area (Å²) in [4.78, 5) is 2.59. The van der Waals surface area contributed by atoms with Crippen LogP contribution in [0.1, 0.15) is 34.1 Å². The van der Waals surface area contributed by atoms with Crippen molar-refractivity contribution in [3.8, 4) is 0 Å². The van der Waals surface area contributed by atoms with E-state index in [1.54, 1.807) is 0 Å². The fourth-order valence-corrected chi connectivity index (χ4v) is 2.05. The van der Waals surface area contributed by atoms with Crippen LogP contribution in [0.25, 0.3) is 0 Å². The van der Waals surface area contributed by atoms with E-state index in [9.17, 15) is 0 Å². The number of nitrogens with zero attached hydrogens (tertiary/aromatic N) is 1. The van der Waals surface area contributed by atoms with E-state index in [0.717, 1.165) is 18.0 Å². The first-order chi connectivity index (χ1) is 4.61. The highest BCUT2D eigenvalue weighted by Crippen LogP contribution is 2.23. The highest BCUT2D eigenvalue weighted by atomic mass is 15.2. The lowest BCUT2D eigenvalue weighted by molar-refractivity contribution is 0.213. The van der Waals surface area contributed by atoms with Crippen LogP contribution < -0.4 is 0 Å². The second-order valence-corrected chi connectivity index (χ2v) is 3.98. The van der Waals surface area contributed by atoms with Gasteiger partial charge in [-0.15, -0.1) is 0 Å². The lowest BCUT2D eigenvalue weighted by Crippen LogP contribution is -2.33. The summed E-state index contributed by atoms with van der Waals surface area (Å²) < 4.78 is 0. The summed E-state index contributed by atoms with van der Waals surface area (Å²) in [5, 5.41) is 0. The minimum Gasteiger partial charge on any atom is -0.298 e. The zero-order valence-corrected chi connectivity index (χ0v) is 7.59. The Labute approximate surface area is 64.4 Å². The largest absolute Gasteiger partial charge is 0.298 e. The van der Waals surface area contributed by atoms with Crippen molar-refractivity contribution in [3.05, 3.63) is 0 Å². The summed E-state index contributed by atoms with van der Waals surface area (Å²) in [5.74, 6) is 0.914. The molecule has 0 aromatic heterocycles. The van der Waals surface area contributed by atoms with Crippen LogP contribution >= 0.6 is 0 Å². The molecule has 0 aliphatic carbocycles. The first-order valence-electron chi connectivity index (χ1n) is 4.37. The normalized spacial score (nSPS) is 35.7. The first-order valence-corrected chi connectivity index (χ1v) is 4.37. The second-order valence-electron chi connectivity index (χ2n) is 3.98. The quantitative estimate of drug-likeness (QED) is 0.540.